The minimum Gasteiger partial charge on any atom is -0.493 e. The lowest BCUT2D eigenvalue weighted by Gasteiger charge is -2.26. The second kappa shape index (κ2) is 22.2. The number of aliphatic hydroxyl groups is 1. The molecule has 0 bridgehead atoms. The van der Waals surface area contributed by atoms with Crippen molar-refractivity contribution in [3.63, 3.8) is 0 Å². The van der Waals surface area contributed by atoms with Crippen molar-refractivity contribution >= 4 is 79.6 Å². The molecule has 19 heteroatoms. The first-order valence-electron chi connectivity index (χ1n) is 24.6. The number of anilines is 5. The zero-order chi connectivity index (χ0) is 52.3. The van der Waals surface area contributed by atoms with Gasteiger partial charge in [0.05, 0.1) is 48.8 Å². The SMILES string of the molecule is COc1cc2c(cc1OCc1cc(COc3cc4c(cc3OC)C(=O)N3c5ccccc5C[C@H]3C(O)N4)cc(NC(=O)[C@H](C)NC(=O)CCC(C)(C)SSCCCC(N)=O)c1)NC[C@@H]1Cc3ccccc3N1C2=O. The molecule has 0 spiro atoms. The molecule has 0 saturated carbocycles. The number of benzene rings is 5. The van der Waals surface area contributed by atoms with Crippen molar-refractivity contribution in [2.24, 2.45) is 5.73 Å². The van der Waals surface area contributed by atoms with Crippen molar-refractivity contribution in [3.8, 4) is 23.0 Å². The topological polar surface area (TPSA) is 223 Å². The third-order valence-electron chi connectivity index (χ3n) is 13.6. The molecule has 0 aromatic heterocycles. The van der Waals surface area contributed by atoms with Gasteiger partial charge in [-0.1, -0.05) is 58.0 Å². The first-order valence-corrected chi connectivity index (χ1v) is 26.9. The summed E-state index contributed by atoms with van der Waals surface area (Å²) in [5.41, 5.74) is 12.5. The molecule has 5 aromatic rings. The van der Waals surface area contributed by atoms with E-state index in [-0.39, 0.29) is 54.1 Å². The maximum atomic E-state index is 14.2. The van der Waals surface area contributed by atoms with Gasteiger partial charge in [0.25, 0.3) is 11.8 Å². The fraction of sp³-hybridized carbons (Fsp3) is 0.364. The Hall–Kier alpha value is -7.09. The number of nitrogens with two attached hydrogens (primary N) is 1. The molecule has 9 rings (SSSR count). The largest absolute Gasteiger partial charge is 0.493 e. The molecular formula is C55H61N7O10S2. The molecule has 4 aliphatic rings. The number of primary amides is 1. The molecule has 74 heavy (non-hydrogen) atoms. The minimum absolute atomic E-state index is 0.0122. The first kappa shape index (κ1) is 51.8. The molecule has 4 aliphatic heterocycles. The van der Waals surface area contributed by atoms with Gasteiger partial charge in [0, 0.05) is 59.1 Å². The number of nitrogens with one attached hydrogen (secondary N) is 4. The monoisotopic (exact) mass is 1040 g/mol. The van der Waals surface area contributed by atoms with E-state index in [4.69, 9.17) is 24.7 Å². The van der Waals surface area contributed by atoms with Crippen LogP contribution in [0.2, 0.25) is 0 Å². The van der Waals surface area contributed by atoms with E-state index in [1.54, 1.807) is 69.8 Å². The molecule has 0 saturated heterocycles. The van der Waals surface area contributed by atoms with Gasteiger partial charge in [0.1, 0.15) is 25.5 Å². The molecular weight excluding hydrogens is 983 g/mol. The van der Waals surface area contributed by atoms with E-state index in [0.717, 1.165) is 34.7 Å². The summed E-state index contributed by atoms with van der Waals surface area (Å²) in [5, 5.41) is 23.8. The van der Waals surface area contributed by atoms with Gasteiger partial charge in [0.15, 0.2) is 23.0 Å². The van der Waals surface area contributed by atoms with Gasteiger partial charge in [-0.2, -0.15) is 0 Å². The number of carbonyl (C=O) groups is 5. The molecule has 7 N–H and O–H groups in total. The smallest absolute Gasteiger partial charge is 0.260 e. The van der Waals surface area contributed by atoms with Crippen molar-refractivity contribution in [1.29, 1.82) is 0 Å². The van der Waals surface area contributed by atoms with Gasteiger partial charge < -0.3 is 60.9 Å². The molecule has 1 unspecified atom stereocenters. The van der Waals surface area contributed by atoms with Crippen LogP contribution in [0, 0.1) is 0 Å². The molecule has 0 fully saturated rings. The number of rotatable bonds is 20. The summed E-state index contributed by atoms with van der Waals surface area (Å²) in [7, 11) is 6.29. The van der Waals surface area contributed by atoms with Crippen molar-refractivity contribution in [2.75, 3.05) is 52.3 Å². The van der Waals surface area contributed by atoms with Crippen molar-refractivity contribution < 1.29 is 48.0 Å². The van der Waals surface area contributed by atoms with Crippen LogP contribution in [-0.4, -0.2) is 90.3 Å². The van der Waals surface area contributed by atoms with Crippen molar-refractivity contribution in [2.45, 2.75) is 102 Å². The highest BCUT2D eigenvalue weighted by Gasteiger charge is 2.42. The second-order valence-corrected chi connectivity index (χ2v) is 22.6. The number of ether oxygens (including phenoxy) is 4. The molecule has 4 heterocycles. The summed E-state index contributed by atoms with van der Waals surface area (Å²) in [6.07, 6.45) is 1.94. The number of aliphatic hydroxyl groups excluding tert-OH is 1. The van der Waals surface area contributed by atoms with Gasteiger partial charge in [0.2, 0.25) is 17.7 Å². The number of nitrogens with zero attached hydrogens (tertiary/aromatic N) is 2. The lowest BCUT2D eigenvalue weighted by atomic mass is 10.1. The van der Waals surface area contributed by atoms with Crippen LogP contribution in [0.3, 0.4) is 0 Å². The Morgan fingerprint density at radius 1 is 0.797 bits per heavy atom. The summed E-state index contributed by atoms with van der Waals surface area (Å²) in [5.74, 6) is 0.661. The zero-order valence-corrected chi connectivity index (χ0v) is 43.6. The highest BCUT2D eigenvalue weighted by atomic mass is 33.1. The van der Waals surface area contributed by atoms with Gasteiger partial charge in [-0.3, -0.25) is 24.0 Å². The predicted molar refractivity (Wildman–Crippen MR) is 289 cm³/mol. The lowest BCUT2D eigenvalue weighted by molar-refractivity contribution is -0.126. The maximum Gasteiger partial charge on any atom is 0.260 e. The summed E-state index contributed by atoms with van der Waals surface area (Å²) in [6.45, 7) is 6.25. The third-order valence-corrected chi connectivity index (χ3v) is 17.0. The normalized spacial score (nSPS) is 17.6. The second-order valence-electron chi connectivity index (χ2n) is 19.4. The average molecular weight is 1040 g/mol. The molecule has 4 atom stereocenters. The number of para-hydroxylation sites is 2. The number of fused-ring (bicyclic) bond motifs is 8. The first-order chi connectivity index (χ1) is 35.6. The van der Waals surface area contributed by atoms with Crippen LogP contribution < -0.4 is 55.7 Å². The van der Waals surface area contributed by atoms with E-state index in [9.17, 15) is 29.1 Å². The van der Waals surface area contributed by atoms with Crippen LogP contribution in [-0.2, 0) is 40.4 Å². The van der Waals surface area contributed by atoms with Crippen molar-refractivity contribution in [3.05, 3.63) is 124 Å². The number of carbonyl (C=O) groups excluding carboxylic acids is 5. The quantitative estimate of drug-likeness (QED) is 0.0323. The highest BCUT2D eigenvalue weighted by molar-refractivity contribution is 8.77. The summed E-state index contributed by atoms with van der Waals surface area (Å²) >= 11 is 0. The van der Waals surface area contributed by atoms with Crippen LogP contribution in [0.25, 0.3) is 0 Å². The Labute approximate surface area is 438 Å². The minimum atomic E-state index is -1.07. The Morgan fingerprint density at radius 3 is 2.04 bits per heavy atom. The Morgan fingerprint density at radius 2 is 1.39 bits per heavy atom. The standard InChI is InChI=1S/C55H61N7O10S2/c1-31(58-50(64)16-17-55(2,3)74-73-18-10-15-49(56)63)51(65)59-36-20-32(29-71-47-26-40-38(24-45(47)69-4)53(67)61-37(28-57-40)22-34-11-6-8-13-42(34)61)19-33(21-36)30-72-48-27-41-39(25-46(48)70-5)54(68)62-43-14-9-7-12-35(43)23-44(62)52(66)60-41/h6-9,11-14,19-21,24-27,31,37,44,52,57,60,66H,10,15-18,22-23,28-30H2,1-5H3,(H2,56,63)(H,58,64)(H,59,65)/t31-,37-,44-,52?/m0/s1. The van der Waals surface area contributed by atoms with Gasteiger partial charge in [-0.15, -0.1) is 0 Å². The molecule has 5 aromatic carbocycles. The molecule has 5 amide bonds. The van der Waals surface area contributed by atoms with Crippen LogP contribution in [0.1, 0.15) is 89.4 Å². The average Bonchev–Trinajstić information content (AvgIpc) is 3.91. The number of hydrogen-bond donors (Lipinski definition) is 6. The Bertz CT molecular complexity index is 2990. The fourth-order valence-corrected chi connectivity index (χ4v) is 12.4. The lowest BCUT2D eigenvalue weighted by Crippen LogP contribution is -2.45. The van der Waals surface area contributed by atoms with E-state index in [1.165, 1.54) is 14.2 Å². The zero-order valence-electron chi connectivity index (χ0n) is 42.0. The molecule has 17 nitrogen and oxygen atoms in total. The molecule has 0 aliphatic carbocycles. The number of methoxy groups -OCH3 is 2. The van der Waals surface area contributed by atoms with E-state index in [0.29, 0.717) is 94.5 Å². The highest BCUT2D eigenvalue weighted by Crippen LogP contribution is 2.44. The van der Waals surface area contributed by atoms with Gasteiger partial charge in [-0.05, 0) is 111 Å². The van der Waals surface area contributed by atoms with Crippen LogP contribution in [0.5, 0.6) is 23.0 Å². The van der Waals surface area contributed by atoms with Crippen LogP contribution >= 0.6 is 21.6 Å². The van der Waals surface area contributed by atoms with E-state index in [1.807, 2.05) is 53.4 Å². The van der Waals surface area contributed by atoms with E-state index >= 15 is 0 Å². The number of hydrogen-bond acceptors (Lipinski definition) is 14. The van der Waals surface area contributed by atoms with Crippen molar-refractivity contribution in [1.82, 2.24) is 5.32 Å². The third kappa shape index (κ3) is 11.3. The summed E-state index contributed by atoms with van der Waals surface area (Å²) < 4.78 is 24.2. The van der Waals surface area contributed by atoms with Crippen LogP contribution in [0.15, 0.2) is 91.0 Å². The summed E-state index contributed by atoms with van der Waals surface area (Å²) in [4.78, 5) is 69.8. The fourth-order valence-electron chi connectivity index (χ4n) is 9.77. The van der Waals surface area contributed by atoms with Gasteiger partial charge in [-0.25, -0.2) is 0 Å². The Balaban J connectivity index is 0.930. The summed E-state index contributed by atoms with van der Waals surface area (Å²) in [6, 6.07) is 26.2. The Kier molecular flexibility index (Phi) is 15.5. The van der Waals surface area contributed by atoms with E-state index in [2.05, 4.69) is 41.2 Å². The van der Waals surface area contributed by atoms with Gasteiger partial charge >= 0.3 is 0 Å². The predicted octanol–water partition coefficient (Wildman–Crippen LogP) is 7.82. The molecule has 388 valence electrons. The maximum absolute atomic E-state index is 14.2. The van der Waals surface area contributed by atoms with E-state index < -0.39 is 24.2 Å². The van der Waals surface area contributed by atoms with Crippen LogP contribution in [0.4, 0.5) is 28.4 Å². The molecule has 0 radical (unpaired) electrons. The number of amides is 5.